The molecule has 12 N–H and O–H groups in total. The lowest BCUT2D eigenvalue weighted by atomic mass is 9.87. The van der Waals surface area contributed by atoms with Crippen LogP contribution in [-0.2, 0) is 60.7 Å². The average Bonchev–Trinajstić information content (AvgIpc) is 3.92. The second kappa shape index (κ2) is 27.5. The van der Waals surface area contributed by atoms with E-state index >= 15 is 0 Å². The van der Waals surface area contributed by atoms with Gasteiger partial charge >= 0.3 is 23.5 Å². The van der Waals surface area contributed by atoms with Crippen molar-refractivity contribution in [1.29, 1.82) is 0 Å². The number of carbonyl (C=O) groups excluding carboxylic acids is 3. The summed E-state index contributed by atoms with van der Waals surface area (Å²) in [6.45, 7) is 3.59. The van der Waals surface area contributed by atoms with Crippen LogP contribution in [0.1, 0.15) is 70.4 Å². The number of nitrogen functional groups attached to an aromatic ring is 1. The summed E-state index contributed by atoms with van der Waals surface area (Å²) in [7, 11) is -19.1. The smallest absolute Gasteiger partial charge is 0.393 e. The van der Waals surface area contributed by atoms with E-state index in [1.807, 2.05) is 13.8 Å². The molecule has 80 heavy (non-hydrogen) atoms. The normalized spacial score (nSPS) is 19.9. The average molecular weight is 1230 g/mol. The number of amides is 2. The Kier molecular flexibility index (Phi) is 22.7. The van der Waals surface area contributed by atoms with E-state index in [1.54, 1.807) is 0 Å². The number of imidazole rings is 1. The number of anilines is 2. The Morgan fingerprint density at radius 1 is 1.00 bits per heavy atom. The monoisotopic (exact) mass is 1230 g/mol. The number of thioether (sulfide) groups is 1. The van der Waals surface area contributed by atoms with E-state index in [0.717, 1.165) is 39.5 Å². The number of aliphatic hydroxyl groups is 4. The van der Waals surface area contributed by atoms with Gasteiger partial charge in [0.25, 0.3) is 0 Å². The molecule has 5 rings (SSSR count). The van der Waals surface area contributed by atoms with Crippen molar-refractivity contribution >= 4 is 91.2 Å². The van der Waals surface area contributed by atoms with Gasteiger partial charge in [-0.05, 0) is 30.2 Å². The van der Waals surface area contributed by atoms with Gasteiger partial charge in [0.05, 0.1) is 49.4 Å². The van der Waals surface area contributed by atoms with Gasteiger partial charge in [-0.2, -0.15) is 4.31 Å². The molecule has 0 bridgehead atoms. The summed E-state index contributed by atoms with van der Waals surface area (Å²) in [5.41, 5.74) is 5.65. The summed E-state index contributed by atoms with van der Waals surface area (Å²) < 4.78 is 102. The van der Waals surface area contributed by atoms with Crippen molar-refractivity contribution in [1.82, 2.24) is 40.1 Å². The fraction of sp³-hybridized carbons (Fsp3) is 0.535. The molecule has 3 aromatic heterocycles. The van der Waals surface area contributed by atoms with E-state index < -0.39 is 118 Å². The van der Waals surface area contributed by atoms with Crippen LogP contribution in [0.4, 0.5) is 16.2 Å². The van der Waals surface area contributed by atoms with E-state index in [0.29, 0.717) is 16.8 Å². The van der Waals surface area contributed by atoms with Gasteiger partial charge in [-0.15, -0.1) is 0 Å². The quantitative estimate of drug-likeness (QED) is 0.0267. The lowest BCUT2D eigenvalue weighted by Gasteiger charge is -2.30. The van der Waals surface area contributed by atoms with Crippen LogP contribution in [0.25, 0.3) is 28.5 Å². The van der Waals surface area contributed by atoms with Gasteiger partial charge in [0.2, 0.25) is 27.8 Å². The number of halogens is 1. The molecule has 0 radical (unpaired) electrons. The maximum absolute atomic E-state index is 13.8. The molecule has 1 aliphatic heterocycles. The van der Waals surface area contributed by atoms with Crippen LogP contribution < -0.4 is 20.7 Å². The molecule has 37 heteroatoms. The van der Waals surface area contributed by atoms with Crippen LogP contribution in [0.2, 0.25) is 0 Å². The van der Waals surface area contributed by atoms with Crippen molar-refractivity contribution in [3.8, 4) is 11.3 Å². The van der Waals surface area contributed by atoms with Gasteiger partial charge in [-0.25, -0.2) is 55.7 Å². The highest BCUT2D eigenvalue weighted by molar-refractivity contribution is 8.13. The maximum Gasteiger partial charge on any atom is 0.481 e. The number of phosphoric ester groups is 3. The summed E-state index contributed by atoms with van der Waals surface area (Å²) in [4.78, 5) is 98.1. The number of ether oxygens (including phenoxy) is 1. The first-order chi connectivity index (χ1) is 37.1. The molecular weight excluding hydrogens is 1170 g/mol. The highest BCUT2D eigenvalue weighted by atomic mass is 32.2. The summed E-state index contributed by atoms with van der Waals surface area (Å²) in [6, 6.07) is 5.32. The number of nitrogens with two attached hydrogens (primary N) is 1. The Labute approximate surface area is 461 Å². The summed E-state index contributed by atoms with van der Waals surface area (Å²) in [5, 5.41) is 47.5. The third-order valence-electron chi connectivity index (χ3n) is 11.6. The van der Waals surface area contributed by atoms with Gasteiger partial charge < -0.3 is 61.1 Å². The SMILES string of the molecule is CC(C)c1nc(N(C)S(C)(=O)=O)nc(-c2ccc(F)cc2)c1/C=C/[C@H](O)C[C@@H](O)CC(=O)SCCNC(=O)CCNC(=O)C(O)C(C)(C)COP(=O)(O)OP(=O)(O)OCC1OC(n2cnc3c(N)ncnc32)C(O)C1OP(=O)(O)O. The minimum atomic E-state index is -5.64. The molecule has 7 unspecified atom stereocenters. The van der Waals surface area contributed by atoms with Crippen molar-refractivity contribution in [2.24, 2.45) is 5.41 Å². The molecule has 0 aliphatic carbocycles. The van der Waals surface area contributed by atoms with Gasteiger partial charge in [-0.3, -0.25) is 32.5 Å². The number of hydrogen-bond donors (Lipinski definition) is 11. The first kappa shape index (κ1) is 66.0. The van der Waals surface area contributed by atoms with Crippen LogP contribution in [0.5, 0.6) is 0 Å². The third kappa shape index (κ3) is 18.9. The third-order valence-corrected chi connectivity index (χ3v) is 16.7. The van der Waals surface area contributed by atoms with E-state index in [4.69, 9.17) is 19.5 Å². The number of nitrogens with zero attached hydrogens (tertiary/aromatic N) is 7. The van der Waals surface area contributed by atoms with Crippen molar-refractivity contribution in [2.45, 2.75) is 95.7 Å². The number of aliphatic hydroxyl groups excluding tert-OH is 4. The Hall–Kier alpha value is -4.80. The molecule has 4 aromatic rings. The minimum Gasteiger partial charge on any atom is -0.393 e. The zero-order chi connectivity index (χ0) is 59.7. The lowest BCUT2D eigenvalue weighted by Crippen LogP contribution is -2.46. The van der Waals surface area contributed by atoms with Crippen LogP contribution in [0, 0.1) is 11.2 Å². The van der Waals surface area contributed by atoms with Gasteiger partial charge in [-0.1, -0.05) is 51.6 Å². The van der Waals surface area contributed by atoms with Crippen molar-refractivity contribution in [3.63, 3.8) is 0 Å². The fourth-order valence-corrected chi connectivity index (χ4v) is 11.3. The van der Waals surface area contributed by atoms with E-state index in [9.17, 15) is 80.9 Å². The van der Waals surface area contributed by atoms with Gasteiger partial charge in [0, 0.05) is 61.7 Å². The van der Waals surface area contributed by atoms with Crippen LogP contribution in [-0.4, -0.2) is 177 Å². The lowest BCUT2D eigenvalue weighted by molar-refractivity contribution is -0.137. The number of rotatable bonds is 29. The molecule has 1 fully saturated rings. The molecule has 2 amide bonds. The predicted molar refractivity (Wildman–Crippen MR) is 282 cm³/mol. The molecule has 1 saturated heterocycles. The molecule has 0 spiro atoms. The molecule has 1 aliphatic rings. The zero-order valence-corrected chi connectivity index (χ0v) is 47.8. The van der Waals surface area contributed by atoms with E-state index in [-0.39, 0.29) is 72.6 Å². The summed E-state index contributed by atoms with van der Waals surface area (Å²) in [5.74, 6) is -2.53. The number of benzene rings is 1. The Morgan fingerprint density at radius 3 is 2.30 bits per heavy atom. The van der Waals surface area contributed by atoms with Crippen LogP contribution >= 0.6 is 35.2 Å². The fourth-order valence-electron chi connectivity index (χ4n) is 7.39. The van der Waals surface area contributed by atoms with Crippen molar-refractivity contribution in [3.05, 3.63) is 60.1 Å². The van der Waals surface area contributed by atoms with Gasteiger partial charge in [0.15, 0.2) is 22.8 Å². The first-order valence-corrected chi connectivity index (χ1v) is 31.1. The predicted octanol–water partition coefficient (Wildman–Crippen LogP) is 0.995. The zero-order valence-electron chi connectivity index (χ0n) is 43.5. The minimum absolute atomic E-state index is 0.00461. The number of phosphoric acid groups is 3. The standard InChI is InChI=1S/C43H62FN10O21P3S2/c1-23(2)32-28(33(24-7-9-25(44)10-8-24)52-42(51-32)53(5)80(6,69)70)12-11-26(55)17-27(56)18-31(58)79-16-15-46-30(57)13-14-47-40(61)37(60)43(3,4)20-72-78(67,68)75-77(65,66)71-19-29-36(74-76(62,63)64)35(59)41(73-29)54-22-50-34-38(45)48-21-49-39(34)54/h7-12,21-23,26-27,29,35-37,41,55-56,59-60H,13-20H2,1-6H3,(H,46,57)(H,47,61)(H,65,66)(H,67,68)(H2,45,48,49)(H2,62,63,64)/b12-11+/t26-,27+,29?,35?,36?,37?,41?/m0/s1. The number of carbonyl (C=O) groups is 3. The Bertz CT molecular complexity index is 3140. The van der Waals surface area contributed by atoms with E-state index in [1.165, 1.54) is 57.3 Å². The number of sulfonamides is 1. The van der Waals surface area contributed by atoms with E-state index in [2.05, 4.69) is 44.4 Å². The van der Waals surface area contributed by atoms with Crippen molar-refractivity contribution in [2.75, 3.05) is 55.4 Å². The summed E-state index contributed by atoms with van der Waals surface area (Å²) >= 11 is 0.797. The van der Waals surface area contributed by atoms with Crippen LogP contribution in [0.15, 0.2) is 43.0 Å². The number of aromatic nitrogens is 6. The maximum atomic E-state index is 13.8. The number of hydrogen-bond acceptors (Lipinski definition) is 24. The Balaban J connectivity index is 1.02. The molecular formula is C43H62FN10O21P3S2. The highest BCUT2D eigenvalue weighted by Gasteiger charge is 2.50. The molecule has 4 heterocycles. The Morgan fingerprint density at radius 2 is 1.66 bits per heavy atom. The highest BCUT2D eigenvalue weighted by Crippen LogP contribution is 2.61. The molecule has 1 aromatic carbocycles. The second-order valence-corrected chi connectivity index (χ2v) is 26.3. The number of nitrogens with one attached hydrogen (secondary N) is 2. The number of fused-ring (bicyclic) bond motifs is 1. The van der Waals surface area contributed by atoms with Gasteiger partial charge in [0.1, 0.15) is 42.1 Å². The van der Waals surface area contributed by atoms with Crippen LogP contribution in [0.3, 0.4) is 0 Å². The first-order valence-electron chi connectivity index (χ1n) is 23.8. The molecule has 31 nitrogen and oxygen atoms in total. The topological polar surface area (TPSA) is 467 Å². The molecule has 9 atom stereocenters. The largest absolute Gasteiger partial charge is 0.481 e. The molecule has 0 saturated carbocycles. The van der Waals surface area contributed by atoms with Crippen molar-refractivity contribution < 1.29 is 104 Å². The molecule has 444 valence electrons. The summed E-state index contributed by atoms with van der Waals surface area (Å²) in [6.07, 6.45) is -6.67. The second-order valence-electron chi connectivity index (χ2n) is 18.9.